The zero-order valence-corrected chi connectivity index (χ0v) is 17.4. The highest BCUT2D eigenvalue weighted by Gasteiger charge is 2.78. The summed E-state index contributed by atoms with van der Waals surface area (Å²) >= 11 is 5.94. The fraction of sp³-hybridized carbons (Fsp3) is 0.727. The van der Waals surface area contributed by atoms with E-state index in [9.17, 15) is 14.7 Å². The van der Waals surface area contributed by atoms with Crippen molar-refractivity contribution in [2.75, 3.05) is 12.7 Å². The van der Waals surface area contributed by atoms with E-state index >= 15 is 4.39 Å². The third kappa shape index (κ3) is 2.07. The first-order valence-electron chi connectivity index (χ1n) is 10.3. The molecule has 0 radical (unpaired) electrons. The van der Waals surface area contributed by atoms with Gasteiger partial charge in [0.15, 0.2) is 22.8 Å². The fourth-order valence-corrected chi connectivity index (χ4v) is 7.71. The Morgan fingerprint density at radius 1 is 1.38 bits per heavy atom. The van der Waals surface area contributed by atoms with Gasteiger partial charge in [0.05, 0.1) is 18.1 Å². The van der Waals surface area contributed by atoms with Crippen molar-refractivity contribution in [2.45, 2.75) is 63.0 Å². The molecule has 4 aliphatic carbocycles. The number of carbonyl (C=O) groups is 2. The van der Waals surface area contributed by atoms with Gasteiger partial charge in [-0.25, -0.2) is 4.39 Å². The molecule has 1 N–H and O–H groups in total. The van der Waals surface area contributed by atoms with Crippen molar-refractivity contribution < 1.29 is 28.6 Å². The number of ketones is 2. The van der Waals surface area contributed by atoms with Crippen LogP contribution in [-0.4, -0.2) is 52.8 Å². The Morgan fingerprint density at radius 2 is 2.14 bits per heavy atom. The second kappa shape index (κ2) is 6.00. The molecule has 3 saturated carbocycles. The molecule has 0 bridgehead atoms. The highest BCUT2D eigenvalue weighted by atomic mass is 35.5. The maximum absolute atomic E-state index is 17.0. The average molecular weight is 425 g/mol. The maximum Gasteiger partial charge on any atom is 0.182 e. The zero-order chi connectivity index (χ0) is 20.8. The molecular formula is C22H26ClFO5. The van der Waals surface area contributed by atoms with Crippen LogP contribution in [-0.2, 0) is 19.1 Å². The maximum atomic E-state index is 17.0. The molecule has 7 heteroatoms. The molecule has 1 aliphatic heterocycles. The predicted molar refractivity (Wildman–Crippen MR) is 103 cm³/mol. The number of allylic oxidation sites excluding steroid dienone is 4. The minimum Gasteiger partial charge on any atom is -0.390 e. The van der Waals surface area contributed by atoms with Gasteiger partial charge < -0.3 is 14.6 Å². The quantitative estimate of drug-likeness (QED) is 0.690. The van der Waals surface area contributed by atoms with Gasteiger partial charge in [-0.3, -0.25) is 9.59 Å². The van der Waals surface area contributed by atoms with Crippen LogP contribution in [0.2, 0.25) is 0 Å². The SMILES string of the molecule is C[C@]12C=CC(=O)C=C1CC[C@H]1[C@@H]3C[C@H]4OCO[C@@]4(C(=O)CCl)[C@@]3(C)C[C@H](O)[C@@]12F. The summed E-state index contributed by atoms with van der Waals surface area (Å²) in [4.78, 5) is 24.9. The molecular weight excluding hydrogens is 399 g/mol. The minimum atomic E-state index is -1.93. The molecule has 1 heterocycles. The number of Topliss-reactive ketones (excluding diaryl/α,β-unsaturated/α-hetero) is 1. The lowest BCUT2D eigenvalue weighted by Gasteiger charge is -2.62. The van der Waals surface area contributed by atoms with Crippen LogP contribution in [0, 0.1) is 22.7 Å². The molecule has 0 spiro atoms. The molecule has 5 nitrogen and oxygen atoms in total. The monoisotopic (exact) mass is 424 g/mol. The molecule has 1 saturated heterocycles. The Kier molecular flexibility index (Phi) is 4.11. The van der Waals surface area contributed by atoms with Gasteiger partial charge in [-0.1, -0.05) is 18.6 Å². The number of alkyl halides is 2. The summed E-state index contributed by atoms with van der Waals surface area (Å²) in [6.07, 6.45) is 4.45. The van der Waals surface area contributed by atoms with E-state index in [0.29, 0.717) is 19.3 Å². The van der Waals surface area contributed by atoms with Gasteiger partial charge >= 0.3 is 0 Å². The van der Waals surface area contributed by atoms with Crippen molar-refractivity contribution in [2.24, 2.45) is 22.7 Å². The summed E-state index contributed by atoms with van der Waals surface area (Å²) in [5.41, 5.74) is -4.25. The van der Waals surface area contributed by atoms with Gasteiger partial charge in [0.2, 0.25) is 0 Å². The van der Waals surface area contributed by atoms with Gasteiger partial charge in [-0.15, -0.1) is 11.6 Å². The number of fused-ring (bicyclic) bond motifs is 7. The second-order valence-electron chi connectivity index (χ2n) is 9.71. The Bertz CT molecular complexity index is 856. The van der Waals surface area contributed by atoms with E-state index in [4.69, 9.17) is 21.1 Å². The van der Waals surface area contributed by atoms with Crippen LogP contribution in [0.3, 0.4) is 0 Å². The first-order valence-corrected chi connectivity index (χ1v) is 10.8. The van der Waals surface area contributed by atoms with Gasteiger partial charge in [0.1, 0.15) is 6.79 Å². The predicted octanol–water partition coefficient (Wildman–Crippen LogP) is 2.89. The summed E-state index contributed by atoms with van der Waals surface area (Å²) in [5, 5.41) is 11.3. The number of hydrogen-bond acceptors (Lipinski definition) is 5. The molecule has 0 aromatic heterocycles. The summed E-state index contributed by atoms with van der Waals surface area (Å²) in [6, 6.07) is 0. The third-order valence-electron chi connectivity index (χ3n) is 8.89. The van der Waals surface area contributed by atoms with Crippen LogP contribution in [0.25, 0.3) is 0 Å². The van der Waals surface area contributed by atoms with Crippen molar-refractivity contribution >= 4 is 23.2 Å². The van der Waals surface area contributed by atoms with Crippen molar-refractivity contribution in [1.82, 2.24) is 0 Å². The molecule has 8 atom stereocenters. The molecule has 5 aliphatic rings. The second-order valence-corrected chi connectivity index (χ2v) is 9.98. The van der Waals surface area contributed by atoms with Crippen molar-refractivity contribution in [3.05, 3.63) is 23.8 Å². The van der Waals surface area contributed by atoms with Crippen LogP contribution in [0.5, 0.6) is 0 Å². The van der Waals surface area contributed by atoms with E-state index < -0.39 is 40.2 Å². The number of hydrogen-bond donors (Lipinski definition) is 1. The van der Waals surface area contributed by atoms with Crippen LogP contribution in [0.15, 0.2) is 23.8 Å². The largest absolute Gasteiger partial charge is 0.390 e. The van der Waals surface area contributed by atoms with E-state index in [1.165, 1.54) is 12.2 Å². The van der Waals surface area contributed by atoms with E-state index in [1.807, 2.05) is 6.92 Å². The number of aliphatic hydroxyl groups excluding tert-OH is 1. The van der Waals surface area contributed by atoms with Crippen LogP contribution < -0.4 is 0 Å². The molecule has 4 fully saturated rings. The molecule has 29 heavy (non-hydrogen) atoms. The van der Waals surface area contributed by atoms with Crippen LogP contribution in [0.1, 0.15) is 39.5 Å². The minimum absolute atomic E-state index is 0.00653. The highest BCUT2D eigenvalue weighted by molar-refractivity contribution is 6.29. The number of halogens is 2. The summed E-state index contributed by atoms with van der Waals surface area (Å²) in [6.45, 7) is 3.71. The number of carbonyl (C=O) groups excluding carboxylic acids is 2. The van der Waals surface area contributed by atoms with Crippen molar-refractivity contribution in [3.8, 4) is 0 Å². The number of rotatable bonds is 2. The molecule has 0 unspecified atom stereocenters. The topological polar surface area (TPSA) is 72.8 Å². The number of aliphatic hydroxyl groups is 1. The van der Waals surface area contributed by atoms with Gasteiger partial charge in [0, 0.05) is 16.7 Å². The summed E-state index contributed by atoms with van der Waals surface area (Å²) in [5.74, 6) is -1.28. The summed E-state index contributed by atoms with van der Waals surface area (Å²) < 4.78 is 28.7. The standard InChI is InChI=1S/C22H26ClFO5/c1-19-6-5-13(25)7-12(19)3-4-14-15-8-18-22(17(27)10-23,29-11-28-18)20(15,2)9-16(26)21(14,19)24/h5-7,14-16,18,26H,3-4,8-11H2,1-2H3/t14-,15-,16-,18+,19-,20-,21-,22+/m0/s1. The van der Waals surface area contributed by atoms with E-state index in [1.54, 1.807) is 13.0 Å². The highest BCUT2D eigenvalue weighted by Crippen LogP contribution is 2.71. The first-order chi connectivity index (χ1) is 13.6. The molecule has 5 rings (SSSR count). The van der Waals surface area contributed by atoms with Crippen molar-refractivity contribution in [3.63, 3.8) is 0 Å². The van der Waals surface area contributed by atoms with Crippen molar-refractivity contribution in [1.29, 1.82) is 0 Å². The van der Waals surface area contributed by atoms with Gasteiger partial charge in [-0.2, -0.15) is 0 Å². The Balaban J connectivity index is 1.63. The molecule has 0 aromatic carbocycles. The smallest absolute Gasteiger partial charge is 0.182 e. The fourth-order valence-electron chi connectivity index (χ4n) is 7.52. The average Bonchev–Trinajstić information content (AvgIpc) is 3.20. The molecule has 0 aromatic rings. The first kappa shape index (κ1) is 19.9. The van der Waals surface area contributed by atoms with E-state index in [2.05, 4.69) is 0 Å². The van der Waals surface area contributed by atoms with E-state index in [-0.39, 0.29) is 36.6 Å². The number of ether oxygens (including phenoxy) is 2. The van der Waals surface area contributed by atoms with E-state index in [0.717, 1.165) is 5.57 Å². The van der Waals surface area contributed by atoms with Crippen LogP contribution in [0.4, 0.5) is 4.39 Å². The third-order valence-corrected chi connectivity index (χ3v) is 9.14. The Labute approximate surface area is 174 Å². The normalized spacial score (nSPS) is 53.0. The lowest BCUT2D eigenvalue weighted by atomic mass is 9.44. The Hall–Kier alpha value is -1.08. The Morgan fingerprint density at radius 3 is 2.86 bits per heavy atom. The lowest BCUT2D eigenvalue weighted by molar-refractivity contribution is -0.220. The van der Waals surface area contributed by atoms with Gasteiger partial charge in [-0.05, 0) is 50.7 Å². The van der Waals surface area contributed by atoms with Gasteiger partial charge in [0.25, 0.3) is 0 Å². The van der Waals surface area contributed by atoms with Crippen LogP contribution >= 0.6 is 11.6 Å². The molecule has 0 amide bonds. The summed E-state index contributed by atoms with van der Waals surface area (Å²) in [7, 11) is 0. The molecule has 158 valence electrons. The lowest BCUT2D eigenvalue weighted by Crippen LogP contribution is -2.69. The zero-order valence-electron chi connectivity index (χ0n) is 16.6.